The molecule has 0 aliphatic heterocycles. The predicted octanol–water partition coefficient (Wildman–Crippen LogP) is 4.82. The lowest BCUT2D eigenvalue weighted by atomic mass is 9.95. The van der Waals surface area contributed by atoms with Gasteiger partial charge in [0.15, 0.2) is 17.2 Å². The molecular weight excluding hydrogens is 510 g/mol. The van der Waals surface area contributed by atoms with Crippen LogP contribution in [0.4, 0.5) is 0 Å². The maximum absolute atomic E-state index is 13.0. The van der Waals surface area contributed by atoms with Crippen LogP contribution in [0.2, 0.25) is 0 Å². The Morgan fingerprint density at radius 3 is 2.39 bits per heavy atom. The van der Waals surface area contributed by atoms with Crippen molar-refractivity contribution in [2.75, 3.05) is 21.3 Å². The number of benzene rings is 2. The van der Waals surface area contributed by atoms with Gasteiger partial charge < -0.3 is 24.3 Å². The highest BCUT2D eigenvalue weighted by Gasteiger charge is 2.30. The first-order valence-corrected chi connectivity index (χ1v) is 12.5. The van der Waals surface area contributed by atoms with Gasteiger partial charge in [0.05, 0.1) is 32.9 Å². The van der Waals surface area contributed by atoms with Crippen LogP contribution in [0, 0.1) is 0 Å². The third-order valence-corrected chi connectivity index (χ3v) is 6.71. The van der Waals surface area contributed by atoms with Gasteiger partial charge in [0.25, 0.3) is 0 Å². The standard InChI is InChI=1S/C29H28ClNO7/c1-16(32)31-22-10-8-18-13-25(38-29(34)19-7-5-6-17(12-19)15-30)27(36-3)28(37-4)26(18)20-9-11-24(35-2)23(33)14-21(20)22/h5-7,9,11-14,22H,8,10,15H2,1-4H3,(H,31,32). The number of carbonyl (C=O) groups excluding carboxylic acids is 2. The third-order valence-electron chi connectivity index (χ3n) is 6.40. The van der Waals surface area contributed by atoms with E-state index in [0.29, 0.717) is 40.8 Å². The lowest BCUT2D eigenvalue weighted by molar-refractivity contribution is -0.119. The lowest BCUT2D eigenvalue weighted by Gasteiger charge is -2.20. The summed E-state index contributed by atoms with van der Waals surface area (Å²) in [6, 6.07) is 13.0. The molecule has 1 atom stereocenters. The van der Waals surface area contributed by atoms with Crippen molar-refractivity contribution in [3.63, 3.8) is 0 Å². The van der Waals surface area contributed by atoms with Crippen LogP contribution >= 0.6 is 11.6 Å². The fraction of sp³-hybridized carbons (Fsp3) is 0.276. The van der Waals surface area contributed by atoms with Gasteiger partial charge in [-0.1, -0.05) is 18.2 Å². The van der Waals surface area contributed by atoms with Crippen LogP contribution in [-0.2, 0) is 17.1 Å². The molecule has 1 unspecified atom stereocenters. The number of aryl methyl sites for hydroxylation is 1. The zero-order chi connectivity index (χ0) is 27.4. The van der Waals surface area contributed by atoms with Gasteiger partial charge in [0, 0.05) is 18.4 Å². The molecule has 0 saturated heterocycles. The minimum absolute atomic E-state index is 0.164. The Morgan fingerprint density at radius 1 is 0.974 bits per heavy atom. The molecule has 38 heavy (non-hydrogen) atoms. The van der Waals surface area contributed by atoms with Crippen LogP contribution in [0.3, 0.4) is 0 Å². The minimum Gasteiger partial charge on any atom is -0.493 e. The quantitative estimate of drug-likeness (QED) is 0.262. The van der Waals surface area contributed by atoms with E-state index >= 15 is 0 Å². The average molecular weight is 538 g/mol. The molecule has 3 aromatic carbocycles. The van der Waals surface area contributed by atoms with E-state index in [-0.39, 0.29) is 34.5 Å². The first-order chi connectivity index (χ1) is 18.3. The summed E-state index contributed by atoms with van der Waals surface area (Å²) in [6.45, 7) is 1.43. The average Bonchev–Trinajstić information content (AvgIpc) is 3.16. The molecular formula is C29H28ClNO7. The van der Waals surface area contributed by atoms with Crippen LogP contribution in [0.15, 0.2) is 53.3 Å². The summed E-state index contributed by atoms with van der Waals surface area (Å²) in [5.41, 5.74) is 3.57. The van der Waals surface area contributed by atoms with Gasteiger partial charge in [-0.15, -0.1) is 11.6 Å². The van der Waals surface area contributed by atoms with E-state index in [4.69, 9.17) is 30.5 Å². The molecule has 4 rings (SSSR count). The number of hydrogen-bond acceptors (Lipinski definition) is 7. The minimum atomic E-state index is -0.574. The number of alkyl halides is 1. The fourth-order valence-electron chi connectivity index (χ4n) is 4.73. The van der Waals surface area contributed by atoms with E-state index in [1.165, 1.54) is 34.3 Å². The number of hydrogen-bond donors (Lipinski definition) is 1. The summed E-state index contributed by atoms with van der Waals surface area (Å²) in [6.07, 6.45) is 0.989. The smallest absolute Gasteiger partial charge is 0.343 e. The highest BCUT2D eigenvalue weighted by Crippen LogP contribution is 2.50. The Bertz CT molecular complexity index is 1450. The van der Waals surface area contributed by atoms with Crippen LogP contribution in [0.5, 0.6) is 23.0 Å². The molecule has 0 heterocycles. The lowest BCUT2D eigenvalue weighted by Crippen LogP contribution is -2.26. The Hall–Kier alpha value is -4.04. The maximum Gasteiger partial charge on any atom is 0.343 e. The molecule has 1 N–H and O–H groups in total. The van der Waals surface area contributed by atoms with Crippen LogP contribution in [0.25, 0.3) is 11.1 Å². The fourth-order valence-corrected chi connectivity index (χ4v) is 4.89. The number of ether oxygens (including phenoxy) is 4. The summed E-state index contributed by atoms with van der Waals surface area (Å²) in [4.78, 5) is 37.9. The molecule has 0 spiro atoms. The summed E-state index contributed by atoms with van der Waals surface area (Å²) >= 11 is 5.93. The van der Waals surface area contributed by atoms with Crippen molar-refractivity contribution in [1.29, 1.82) is 0 Å². The number of methoxy groups -OCH3 is 3. The number of amides is 1. The number of carbonyl (C=O) groups is 2. The Morgan fingerprint density at radius 2 is 1.74 bits per heavy atom. The Kier molecular flexibility index (Phi) is 8.22. The van der Waals surface area contributed by atoms with Crippen molar-refractivity contribution in [3.8, 4) is 34.1 Å². The Balaban J connectivity index is 1.92. The van der Waals surface area contributed by atoms with Gasteiger partial charge >= 0.3 is 5.97 Å². The predicted molar refractivity (Wildman–Crippen MR) is 144 cm³/mol. The SMILES string of the molecule is COc1c(OC(=O)c2cccc(CCl)c2)cc2c(c1OC)-c1ccc(OC)c(=O)cc1C(NC(C)=O)CC2. The van der Waals surface area contributed by atoms with Crippen molar-refractivity contribution in [3.05, 3.63) is 81.0 Å². The zero-order valence-corrected chi connectivity index (χ0v) is 22.3. The van der Waals surface area contributed by atoms with Crippen LogP contribution < -0.4 is 29.7 Å². The van der Waals surface area contributed by atoms with Gasteiger partial charge in [-0.25, -0.2) is 4.79 Å². The Labute approximate surface area is 225 Å². The second kappa shape index (κ2) is 11.6. The van der Waals surface area contributed by atoms with E-state index in [1.807, 2.05) is 6.07 Å². The summed E-state index contributed by atoms with van der Waals surface area (Å²) < 4.78 is 22.5. The molecule has 0 saturated carbocycles. The van der Waals surface area contributed by atoms with Gasteiger partial charge in [-0.3, -0.25) is 9.59 Å². The summed E-state index contributed by atoms with van der Waals surface area (Å²) in [5.74, 6) is 0.371. The molecule has 1 aliphatic carbocycles. The van der Waals surface area contributed by atoms with E-state index in [2.05, 4.69) is 5.32 Å². The molecule has 0 fully saturated rings. The molecule has 0 bridgehead atoms. The van der Waals surface area contributed by atoms with E-state index in [1.54, 1.807) is 36.4 Å². The number of nitrogens with one attached hydrogen (secondary N) is 1. The van der Waals surface area contributed by atoms with Crippen LogP contribution in [0.1, 0.15) is 46.4 Å². The van der Waals surface area contributed by atoms with Gasteiger partial charge in [0.2, 0.25) is 17.1 Å². The van der Waals surface area contributed by atoms with Crippen molar-refractivity contribution >= 4 is 23.5 Å². The third kappa shape index (κ3) is 5.31. The second-order valence-electron chi connectivity index (χ2n) is 8.77. The van der Waals surface area contributed by atoms with Crippen molar-refractivity contribution in [2.24, 2.45) is 0 Å². The first kappa shape index (κ1) is 27.0. The molecule has 1 aliphatic rings. The van der Waals surface area contributed by atoms with Crippen LogP contribution in [-0.4, -0.2) is 33.2 Å². The van der Waals surface area contributed by atoms with Crippen molar-refractivity contribution in [1.82, 2.24) is 5.32 Å². The first-order valence-electron chi connectivity index (χ1n) is 12.0. The number of fused-ring (bicyclic) bond motifs is 3. The molecule has 8 nitrogen and oxygen atoms in total. The second-order valence-corrected chi connectivity index (χ2v) is 9.04. The number of rotatable bonds is 7. The van der Waals surface area contributed by atoms with E-state index in [0.717, 1.165) is 11.1 Å². The topological polar surface area (TPSA) is 100 Å². The van der Waals surface area contributed by atoms with Gasteiger partial charge in [-0.05, 0) is 65.4 Å². The summed E-state index contributed by atoms with van der Waals surface area (Å²) in [5, 5.41) is 2.95. The molecule has 9 heteroatoms. The van der Waals surface area contributed by atoms with Gasteiger partial charge in [-0.2, -0.15) is 0 Å². The summed E-state index contributed by atoms with van der Waals surface area (Å²) in [7, 11) is 4.37. The largest absolute Gasteiger partial charge is 0.493 e. The normalized spacial score (nSPS) is 13.9. The van der Waals surface area contributed by atoms with Crippen molar-refractivity contribution in [2.45, 2.75) is 31.7 Å². The van der Waals surface area contributed by atoms with Crippen molar-refractivity contribution < 1.29 is 28.5 Å². The number of esters is 1. The van der Waals surface area contributed by atoms with E-state index < -0.39 is 12.0 Å². The molecule has 0 radical (unpaired) electrons. The molecule has 1 amide bonds. The number of halogens is 1. The monoisotopic (exact) mass is 537 g/mol. The van der Waals surface area contributed by atoms with Gasteiger partial charge in [0.1, 0.15) is 0 Å². The molecule has 198 valence electrons. The molecule has 3 aromatic rings. The molecule has 0 aromatic heterocycles. The maximum atomic E-state index is 13.0. The zero-order valence-electron chi connectivity index (χ0n) is 21.6. The van der Waals surface area contributed by atoms with E-state index in [9.17, 15) is 14.4 Å². The highest BCUT2D eigenvalue weighted by molar-refractivity contribution is 6.17. The highest BCUT2D eigenvalue weighted by atomic mass is 35.5.